The molecule has 0 unspecified atom stereocenters. The highest BCUT2D eigenvalue weighted by Crippen LogP contribution is 2.50. The Labute approximate surface area is 159 Å². The highest BCUT2D eigenvalue weighted by molar-refractivity contribution is 5.64. The molecule has 3 rings (SSSR count). The van der Waals surface area contributed by atoms with E-state index in [9.17, 15) is 35.7 Å². The highest BCUT2D eigenvalue weighted by atomic mass is 16.5. The van der Waals surface area contributed by atoms with Gasteiger partial charge in [0, 0.05) is 17.0 Å². The lowest BCUT2D eigenvalue weighted by Gasteiger charge is -2.22. The molecule has 0 heterocycles. The van der Waals surface area contributed by atoms with Crippen LogP contribution in [0.1, 0.15) is 22.6 Å². The third kappa shape index (κ3) is 3.01. The monoisotopic (exact) mass is 386 g/mol. The fourth-order valence-electron chi connectivity index (χ4n) is 3.04. The minimum atomic E-state index is -0.965. The molecule has 7 N–H and O–H groups in total. The van der Waals surface area contributed by atoms with Gasteiger partial charge in [0.2, 0.25) is 11.5 Å². The predicted molar refractivity (Wildman–Crippen MR) is 98.5 cm³/mol. The maximum absolute atomic E-state index is 10.4. The molecule has 0 aliphatic carbocycles. The SMILES string of the molecule is COc1cc(C(c2ccc(O)c(O)c2O)c2ccc(O)c(O)c2O)ccc1O. The summed E-state index contributed by atoms with van der Waals surface area (Å²) in [5, 5.41) is 69.7. The first-order valence-electron chi connectivity index (χ1n) is 8.10. The molecule has 0 amide bonds. The summed E-state index contributed by atoms with van der Waals surface area (Å²) in [5.41, 5.74) is 0.585. The Balaban J connectivity index is 2.33. The summed E-state index contributed by atoms with van der Waals surface area (Å²) < 4.78 is 5.10. The van der Waals surface area contributed by atoms with Crippen molar-refractivity contribution in [2.75, 3.05) is 7.11 Å². The quantitative estimate of drug-likeness (QED) is 0.267. The molecule has 3 aromatic rings. The van der Waals surface area contributed by atoms with Crippen molar-refractivity contribution >= 4 is 0 Å². The van der Waals surface area contributed by atoms with E-state index in [0.29, 0.717) is 5.56 Å². The average molecular weight is 386 g/mol. The highest BCUT2D eigenvalue weighted by Gasteiger charge is 2.28. The van der Waals surface area contributed by atoms with Crippen LogP contribution < -0.4 is 4.74 Å². The van der Waals surface area contributed by atoms with Gasteiger partial charge in [-0.05, 0) is 29.8 Å². The van der Waals surface area contributed by atoms with Gasteiger partial charge in [-0.3, -0.25) is 0 Å². The van der Waals surface area contributed by atoms with Gasteiger partial charge in [-0.15, -0.1) is 0 Å². The minimum Gasteiger partial charge on any atom is -0.504 e. The summed E-state index contributed by atoms with van der Waals surface area (Å²) in [6.07, 6.45) is 0. The van der Waals surface area contributed by atoms with Gasteiger partial charge in [-0.25, -0.2) is 0 Å². The first kappa shape index (κ1) is 18.8. The second-order valence-corrected chi connectivity index (χ2v) is 6.11. The Morgan fingerprint density at radius 1 is 0.607 bits per heavy atom. The lowest BCUT2D eigenvalue weighted by Crippen LogP contribution is -2.05. The zero-order chi connectivity index (χ0) is 20.6. The van der Waals surface area contributed by atoms with Crippen LogP contribution >= 0.6 is 0 Å². The van der Waals surface area contributed by atoms with Gasteiger partial charge in [0.05, 0.1) is 7.11 Å². The van der Waals surface area contributed by atoms with Crippen molar-refractivity contribution in [1.82, 2.24) is 0 Å². The third-order valence-electron chi connectivity index (χ3n) is 4.48. The van der Waals surface area contributed by atoms with Gasteiger partial charge in [-0.2, -0.15) is 0 Å². The lowest BCUT2D eigenvalue weighted by molar-refractivity contribution is 0.360. The second-order valence-electron chi connectivity index (χ2n) is 6.11. The van der Waals surface area contributed by atoms with Crippen LogP contribution in [0.25, 0.3) is 0 Å². The lowest BCUT2D eigenvalue weighted by atomic mass is 9.83. The van der Waals surface area contributed by atoms with E-state index in [1.807, 2.05) is 0 Å². The van der Waals surface area contributed by atoms with E-state index in [0.717, 1.165) is 12.1 Å². The summed E-state index contributed by atoms with van der Waals surface area (Å²) >= 11 is 0. The first-order valence-corrected chi connectivity index (χ1v) is 8.10. The van der Waals surface area contributed by atoms with Crippen molar-refractivity contribution in [1.29, 1.82) is 0 Å². The number of phenols is 7. The standard InChI is InChI=1S/C20H18O8/c1-28-15-8-9(2-5-12(15)21)16(10-3-6-13(22)19(26)17(10)24)11-4-7-14(23)20(27)18(11)25/h2-8,16,21-27H,1H3. The normalized spacial score (nSPS) is 10.9. The molecular formula is C20H18O8. The molecule has 0 aromatic heterocycles. The van der Waals surface area contributed by atoms with Gasteiger partial charge < -0.3 is 40.5 Å². The molecule has 8 nitrogen and oxygen atoms in total. The van der Waals surface area contributed by atoms with Crippen molar-refractivity contribution in [3.05, 3.63) is 59.2 Å². The molecule has 0 radical (unpaired) electrons. The molecule has 3 aromatic carbocycles. The summed E-state index contributed by atoms with van der Waals surface area (Å²) in [6, 6.07) is 9.27. The van der Waals surface area contributed by atoms with Crippen LogP contribution in [-0.4, -0.2) is 42.9 Å². The van der Waals surface area contributed by atoms with Crippen LogP contribution in [0.2, 0.25) is 0 Å². The molecule has 0 aliphatic heterocycles. The topological polar surface area (TPSA) is 151 Å². The van der Waals surface area contributed by atoms with Crippen molar-refractivity contribution < 1.29 is 40.5 Å². The molecule has 0 spiro atoms. The van der Waals surface area contributed by atoms with Crippen LogP contribution in [-0.2, 0) is 0 Å². The van der Waals surface area contributed by atoms with Crippen LogP contribution in [0.4, 0.5) is 0 Å². The Morgan fingerprint density at radius 2 is 1.07 bits per heavy atom. The number of hydrogen-bond donors (Lipinski definition) is 7. The zero-order valence-corrected chi connectivity index (χ0v) is 14.7. The van der Waals surface area contributed by atoms with E-state index in [4.69, 9.17) is 4.74 Å². The number of methoxy groups -OCH3 is 1. The van der Waals surface area contributed by atoms with Gasteiger partial charge in [0.15, 0.2) is 34.5 Å². The Hall–Kier alpha value is -3.94. The van der Waals surface area contributed by atoms with Gasteiger partial charge in [0.25, 0.3) is 0 Å². The number of benzene rings is 3. The van der Waals surface area contributed by atoms with E-state index in [-0.39, 0.29) is 22.6 Å². The smallest absolute Gasteiger partial charge is 0.200 e. The van der Waals surface area contributed by atoms with Gasteiger partial charge in [0.1, 0.15) is 0 Å². The largest absolute Gasteiger partial charge is 0.504 e. The average Bonchev–Trinajstić information content (AvgIpc) is 2.68. The summed E-state index contributed by atoms with van der Waals surface area (Å²) in [5.74, 6) is -4.85. The number of rotatable bonds is 4. The van der Waals surface area contributed by atoms with Crippen LogP contribution in [0.15, 0.2) is 42.5 Å². The summed E-state index contributed by atoms with van der Waals surface area (Å²) in [4.78, 5) is 0. The minimum absolute atomic E-state index is 0.0865. The predicted octanol–water partition coefficient (Wildman–Crippen LogP) is 2.81. The molecule has 28 heavy (non-hydrogen) atoms. The van der Waals surface area contributed by atoms with Crippen LogP contribution in [0, 0.1) is 0 Å². The number of ether oxygens (including phenoxy) is 1. The van der Waals surface area contributed by atoms with Gasteiger partial charge in [-0.1, -0.05) is 18.2 Å². The van der Waals surface area contributed by atoms with Crippen molar-refractivity contribution in [2.45, 2.75) is 5.92 Å². The second kappa shape index (κ2) is 6.99. The van der Waals surface area contributed by atoms with Gasteiger partial charge >= 0.3 is 0 Å². The molecular weight excluding hydrogens is 368 g/mol. The fourth-order valence-corrected chi connectivity index (χ4v) is 3.04. The number of hydrogen-bond acceptors (Lipinski definition) is 8. The van der Waals surface area contributed by atoms with Crippen LogP contribution in [0.3, 0.4) is 0 Å². The molecule has 8 heteroatoms. The van der Waals surface area contributed by atoms with E-state index < -0.39 is 40.4 Å². The van der Waals surface area contributed by atoms with Crippen molar-refractivity contribution in [3.8, 4) is 46.0 Å². The molecule has 146 valence electrons. The third-order valence-corrected chi connectivity index (χ3v) is 4.48. The van der Waals surface area contributed by atoms with Crippen LogP contribution in [0.5, 0.6) is 46.0 Å². The van der Waals surface area contributed by atoms with Crippen molar-refractivity contribution in [2.24, 2.45) is 0 Å². The fraction of sp³-hybridized carbons (Fsp3) is 0.100. The maximum atomic E-state index is 10.4. The molecule has 0 atom stereocenters. The van der Waals surface area contributed by atoms with E-state index in [1.54, 1.807) is 0 Å². The first-order chi connectivity index (χ1) is 13.3. The number of phenolic OH excluding ortho intramolecular Hbond substituents is 7. The van der Waals surface area contributed by atoms with E-state index >= 15 is 0 Å². The maximum Gasteiger partial charge on any atom is 0.200 e. The molecule has 0 bridgehead atoms. The Morgan fingerprint density at radius 3 is 1.54 bits per heavy atom. The summed E-state index contributed by atoms with van der Waals surface area (Å²) in [6.45, 7) is 0. The zero-order valence-electron chi connectivity index (χ0n) is 14.7. The van der Waals surface area contributed by atoms with E-state index in [1.165, 1.54) is 37.4 Å². The summed E-state index contributed by atoms with van der Waals surface area (Å²) in [7, 11) is 1.35. The number of aromatic hydroxyl groups is 7. The Kier molecular flexibility index (Phi) is 4.70. The Bertz CT molecular complexity index is 987. The van der Waals surface area contributed by atoms with E-state index in [2.05, 4.69) is 0 Å². The molecule has 0 fully saturated rings. The molecule has 0 saturated heterocycles. The molecule has 0 aliphatic rings. The molecule has 0 saturated carbocycles. The van der Waals surface area contributed by atoms with Crippen molar-refractivity contribution in [3.63, 3.8) is 0 Å².